The van der Waals surface area contributed by atoms with Crippen molar-refractivity contribution in [2.75, 3.05) is 26.2 Å². The Bertz CT molecular complexity index is 1500. The van der Waals surface area contributed by atoms with Crippen LogP contribution in [0, 0.1) is 5.92 Å². The summed E-state index contributed by atoms with van der Waals surface area (Å²) in [5.74, 6) is 1.95. The number of aromatic amines is 1. The van der Waals surface area contributed by atoms with E-state index in [4.69, 9.17) is 4.99 Å². The molecule has 41 heavy (non-hydrogen) atoms. The van der Waals surface area contributed by atoms with E-state index in [9.17, 15) is 4.79 Å². The molecule has 0 bridgehead atoms. The van der Waals surface area contributed by atoms with Gasteiger partial charge in [-0.3, -0.25) is 9.69 Å². The Morgan fingerprint density at radius 1 is 0.878 bits per heavy atom. The van der Waals surface area contributed by atoms with Gasteiger partial charge in [-0.05, 0) is 92.2 Å². The minimum atomic E-state index is -0.793. The average molecular weight is 565 g/mol. The number of amidine groups is 1. The lowest BCUT2D eigenvalue weighted by atomic mass is 9.71. The first-order chi connectivity index (χ1) is 20.2. The second-order valence-electron chi connectivity index (χ2n) is 12.1. The quantitative estimate of drug-likeness (QED) is 0.240. The summed E-state index contributed by atoms with van der Waals surface area (Å²) in [6.07, 6.45) is 11.3. The van der Waals surface area contributed by atoms with E-state index in [2.05, 4.69) is 82.1 Å². The fourth-order valence-electron chi connectivity index (χ4n) is 7.63. The number of benzene rings is 2. The average Bonchev–Trinajstić information content (AvgIpc) is 3.78. The number of para-hydroxylation sites is 1. The maximum Gasteiger partial charge on any atom is 0.261 e. The summed E-state index contributed by atoms with van der Waals surface area (Å²) in [5, 5.41) is 3.47. The van der Waals surface area contributed by atoms with E-state index in [1.807, 2.05) is 11.0 Å². The topological polar surface area (TPSA) is 51.7 Å². The summed E-state index contributed by atoms with van der Waals surface area (Å²) in [6.45, 7) is 3.96. The van der Waals surface area contributed by atoms with Crippen molar-refractivity contribution in [3.05, 3.63) is 94.3 Å². The Morgan fingerprint density at radius 3 is 2.44 bits per heavy atom. The molecule has 1 N–H and O–H groups in total. The molecule has 1 unspecified atom stereocenters. The van der Waals surface area contributed by atoms with Gasteiger partial charge in [0.15, 0.2) is 5.54 Å². The van der Waals surface area contributed by atoms with Crippen LogP contribution < -0.4 is 0 Å². The van der Waals surface area contributed by atoms with E-state index >= 15 is 0 Å². The smallest absolute Gasteiger partial charge is 0.261 e. The largest absolute Gasteiger partial charge is 0.361 e. The van der Waals surface area contributed by atoms with Crippen LogP contribution in [0.1, 0.15) is 73.3 Å². The number of aromatic nitrogens is 1. The van der Waals surface area contributed by atoms with Gasteiger partial charge in [0, 0.05) is 23.6 Å². The van der Waals surface area contributed by atoms with E-state index in [-0.39, 0.29) is 11.8 Å². The number of fused-ring (bicyclic) bond motifs is 1. The minimum absolute atomic E-state index is 0.192. The monoisotopic (exact) mass is 564 g/mol. The molecule has 2 aromatic carbocycles. The van der Waals surface area contributed by atoms with Gasteiger partial charge in [0.05, 0.1) is 4.88 Å². The maximum absolute atomic E-state index is 14.6. The summed E-state index contributed by atoms with van der Waals surface area (Å²) >= 11 is 1.69. The second kappa shape index (κ2) is 11.6. The molecule has 7 rings (SSSR count). The van der Waals surface area contributed by atoms with Crippen LogP contribution in [0.2, 0.25) is 0 Å². The normalized spacial score (nSPS) is 23.0. The highest BCUT2D eigenvalue weighted by Gasteiger charge is 2.54. The molecule has 4 heterocycles. The number of carbonyl (C=O) groups is 1. The van der Waals surface area contributed by atoms with Crippen molar-refractivity contribution in [2.24, 2.45) is 10.9 Å². The van der Waals surface area contributed by atoms with Gasteiger partial charge < -0.3 is 9.88 Å². The SMILES string of the molecule is O=C1N(CCCN2CCC(c3c[nH]c4ccccc34)CC2)C(c2cccs2)=NC1(c1ccccc1)C1CCCCC1. The fraction of sp³-hybridized carbons (Fsp3) is 0.429. The van der Waals surface area contributed by atoms with E-state index in [1.54, 1.807) is 11.3 Å². The van der Waals surface area contributed by atoms with E-state index in [0.29, 0.717) is 5.92 Å². The van der Waals surface area contributed by atoms with Crippen LogP contribution in [-0.4, -0.2) is 52.7 Å². The molecule has 2 fully saturated rings. The number of rotatable bonds is 8. The number of hydrogen-bond donors (Lipinski definition) is 1. The fourth-order valence-corrected chi connectivity index (χ4v) is 8.35. The summed E-state index contributed by atoms with van der Waals surface area (Å²) in [5.41, 5.74) is 2.98. The third-order valence-electron chi connectivity index (χ3n) is 9.77. The Balaban J connectivity index is 1.06. The highest BCUT2D eigenvalue weighted by atomic mass is 32.1. The van der Waals surface area contributed by atoms with Crippen molar-refractivity contribution >= 4 is 34.0 Å². The van der Waals surface area contributed by atoms with Gasteiger partial charge in [0.25, 0.3) is 5.91 Å². The Morgan fingerprint density at radius 2 is 1.66 bits per heavy atom. The molecular weight excluding hydrogens is 524 g/mol. The predicted molar refractivity (Wildman–Crippen MR) is 169 cm³/mol. The predicted octanol–water partition coefficient (Wildman–Crippen LogP) is 7.56. The first kappa shape index (κ1) is 26.7. The van der Waals surface area contributed by atoms with Crippen molar-refractivity contribution in [1.29, 1.82) is 0 Å². The summed E-state index contributed by atoms with van der Waals surface area (Å²) in [7, 11) is 0. The molecule has 1 amide bonds. The molecule has 6 heteroatoms. The first-order valence-corrected chi connectivity index (χ1v) is 16.4. The molecular formula is C35H40N4OS. The highest BCUT2D eigenvalue weighted by Crippen LogP contribution is 2.47. The molecule has 4 aromatic rings. The molecule has 1 atom stereocenters. The molecule has 212 valence electrons. The number of carbonyl (C=O) groups excluding carboxylic acids is 1. The number of nitrogens with one attached hydrogen (secondary N) is 1. The Kier molecular flexibility index (Phi) is 7.53. The van der Waals surface area contributed by atoms with Crippen molar-refractivity contribution in [1.82, 2.24) is 14.8 Å². The molecule has 0 spiro atoms. The van der Waals surface area contributed by atoms with Crippen LogP contribution in [-0.2, 0) is 10.3 Å². The van der Waals surface area contributed by atoms with Gasteiger partial charge in [-0.15, -0.1) is 11.3 Å². The summed E-state index contributed by atoms with van der Waals surface area (Å²) < 4.78 is 0. The molecule has 1 saturated heterocycles. The third-order valence-corrected chi connectivity index (χ3v) is 10.6. The number of aliphatic imine (C=N–C) groups is 1. The summed E-state index contributed by atoms with van der Waals surface area (Å²) in [4.78, 5) is 29.2. The van der Waals surface area contributed by atoms with Crippen molar-refractivity contribution in [3.63, 3.8) is 0 Å². The van der Waals surface area contributed by atoms with Gasteiger partial charge in [0.2, 0.25) is 0 Å². The van der Waals surface area contributed by atoms with Gasteiger partial charge in [-0.25, -0.2) is 4.99 Å². The minimum Gasteiger partial charge on any atom is -0.361 e. The zero-order chi connectivity index (χ0) is 27.6. The molecule has 1 saturated carbocycles. The lowest BCUT2D eigenvalue weighted by Gasteiger charge is -2.37. The van der Waals surface area contributed by atoms with Crippen molar-refractivity contribution < 1.29 is 4.79 Å². The molecule has 1 aliphatic carbocycles. The van der Waals surface area contributed by atoms with Crippen LogP contribution in [0.3, 0.4) is 0 Å². The number of hydrogen-bond acceptors (Lipinski definition) is 4. The molecule has 5 nitrogen and oxygen atoms in total. The van der Waals surface area contributed by atoms with Crippen molar-refractivity contribution in [3.8, 4) is 0 Å². The van der Waals surface area contributed by atoms with E-state index < -0.39 is 5.54 Å². The molecule has 2 aliphatic heterocycles. The molecule has 2 aromatic heterocycles. The summed E-state index contributed by atoms with van der Waals surface area (Å²) in [6, 6.07) is 23.3. The van der Waals surface area contributed by atoms with Crippen molar-refractivity contribution in [2.45, 2.75) is 62.8 Å². The van der Waals surface area contributed by atoms with Gasteiger partial charge in [-0.1, -0.05) is 73.9 Å². The highest BCUT2D eigenvalue weighted by molar-refractivity contribution is 7.12. The lowest BCUT2D eigenvalue weighted by Crippen LogP contribution is -2.47. The van der Waals surface area contributed by atoms with Crippen LogP contribution in [0.4, 0.5) is 0 Å². The van der Waals surface area contributed by atoms with Crippen LogP contribution >= 0.6 is 11.3 Å². The van der Waals surface area contributed by atoms with E-state index in [0.717, 1.165) is 61.7 Å². The standard InChI is InChI=1S/C35H40N4OS/c40-34-35(27-11-3-1-4-12-27,28-13-5-2-6-14-28)37-33(32-17-9-24-41-32)39(34)21-10-20-38-22-18-26(19-23-38)30-25-36-31-16-8-7-15-29(30)31/h1,3-4,7-9,11-12,15-17,24-26,28,36H,2,5-6,10,13-14,18-23H2. The molecule has 3 aliphatic rings. The third kappa shape index (κ3) is 4.95. The van der Waals surface area contributed by atoms with Crippen LogP contribution in [0.25, 0.3) is 10.9 Å². The maximum atomic E-state index is 14.6. The number of likely N-dealkylation sites (tertiary alicyclic amines) is 1. The Labute approximate surface area is 247 Å². The second-order valence-corrected chi connectivity index (χ2v) is 13.0. The Hall–Kier alpha value is -3.22. The number of amides is 1. The number of nitrogens with zero attached hydrogens (tertiary/aromatic N) is 3. The van der Waals surface area contributed by atoms with Gasteiger partial charge in [0.1, 0.15) is 5.84 Å². The van der Waals surface area contributed by atoms with Gasteiger partial charge in [-0.2, -0.15) is 0 Å². The van der Waals surface area contributed by atoms with Crippen LogP contribution in [0.5, 0.6) is 0 Å². The van der Waals surface area contributed by atoms with Gasteiger partial charge >= 0.3 is 0 Å². The van der Waals surface area contributed by atoms with Crippen LogP contribution in [0.15, 0.2) is 83.3 Å². The number of thiophene rings is 1. The number of piperidine rings is 1. The first-order valence-electron chi connectivity index (χ1n) is 15.5. The zero-order valence-corrected chi connectivity index (χ0v) is 24.6. The lowest BCUT2D eigenvalue weighted by molar-refractivity contribution is -0.134. The zero-order valence-electron chi connectivity index (χ0n) is 23.8. The number of H-pyrrole nitrogens is 1. The van der Waals surface area contributed by atoms with E-state index in [1.165, 1.54) is 48.6 Å². The molecule has 0 radical (unpaired) electrons.